The van der Waals surface area contributed by atoms with Gasteiger partial charge in [-0.15, -0.1) is 0 Å². The van der Waals surface area contributed by atoms with Gasteiger partial charge in [-0.2, -0.15) is 0 Å². The second-order valence-corrected chi connectivity index (χ2v) is 5.30. The van der Waals surface area contributed by atoms with E-state index in [1.165, 1.54) is 43.4 Å². The van der Waals surface area contributed by atoms with Crippen LogP contribution in [0.4, 0.5) is 0 Å². The lowest BCUT2D eigenvalue weighted by atomic mass is 9.93. The van der Waals surface area contributed by atoms with Gasteiger partial charge in [0.15, 0.2) is 0 Å². The van der Waals surface area contributed by atoms with Gasteiger partial charge in [0.2, 0.25) is 0 Å². The minimum atomic E-state index is 0.825. The highest BCUT2D eigenvalue weighted by atomic mass is 16.5. The molecule has 2 rings (SSSR count). The number of hydrogen-bond acceptors (Lipinski definition) is 1. The molecule has 1 heteroatoms. The van der Waals surface area contributed by atoms with Crippen LogP contribution in [0.3, 0.4) is 0 Å². The Morgan fingerprint density at radius 3 is 2.87 bits per heavy atom. The van der Waals surface area contributed by atoms with Gasteiger partial charge < -0.3 is 4.74 Å². The monoisotopic (exact) mass is 206 g/mol. The standard InChI is InChI=1S/C14H22O/c1-10(2)7-11-8-12-5-4-6-14(15-3)13(12)9-11/h6,10-11H,4-5,7-9H2,1-3H3. The predicted molar refractivity (Wildman–Crippen MR) is 63.5 cm³/mol. The molecule has 0 heterocycles. The molecule has 0 aliphatic heterocycles. The molecule has 0 spiro atoms. The van der Waals surface area contributed by atoms with Crippen LogP contribution in [0.2, 0.25) is 0 Å². The molecule has 0 saturated carbocycles. The number of ether oxygens (including phenoxy) is 1. The molecular weight excluding hydrogens is 184 g/mol. The van der Waals surface area contributed by atoms with Crippen molar-refractivity contribution in [2.24, 2.45) is 11.8 Å². The molecule has 0 radical (unpaired) electrons. The molecule has 0 aromatic carbocycles. The highest BCUT2D eigenvalue weighted by Gasteiger charge is 2.28. The van der Waals surface area contributed by atoms with E-state index < -0.39 is 0 Å². The van der Waals surface area contributed by atoms with E-state index in [0.29, 0.717) is 0 Å². The summed E-state index contributed by atoms with van der Waals surface area (Å²) in [6, 6.07) is 0. The lowest BCUT2D eigenvalue weighted by Gasteiger charge is -2.15. The maximum atomic E-state index is 5.46. The number of hydrogen-bond donors (Lipinski definition) is 0. The van der Waals surface area contributed by atoms with E-state index in [2.05, 4.69) is 19.9 Å². The van der Waals surface area contributed by atoms with E-state index in [4.69, 9.17) is 4.74 Å². The molecule has 0 bridgehead atoms. The molecule has 1 unspecified atom stereocenters. The van der Waals surface area contributed by atoms with E-state index in [1.807, 2.05) is 0 Å². The first-order chi connectivity index (χ1) is 7.20. The summed E-state index contributed by atoms with van der Waals surface area (Å²) in [5.41, 5.74) is 3.22. The van der Waals surface area contributed by atoms with Crippen LogP contribution in [0, 0.1) is 11.8 Å². The third kappa shape index (κ3) is 2.27. The molecule has 2 aliphatic rings. The van der Waals surface area contributed by atoms with Crippen LogP contribution in [0.5, 0.6) is 0 Å². The van der Waals surface area contributed by atoms with E-state index in [0.717, 1.165) is 11.8 Å². The molecule has 0 amide bonds. The van der Waals surface area contributed by atoms with Gasteiger partial charge in [-0.05, 0) is 55.6 Å². The topological polar surface area (TPSA) is 9.23 Å². The Hall–Kier alpha value is -0.720. The molecule has 2 aliphatic carbocycles. The highest BCUT2D eigenvalue weighted by molar-refractivity contribution is 5.38. The summed E-state index contributed by atoms with van der Waals surface area (Å²) in [6.45, 7) is 4.65. The van der Waals surface area contributed by atoms with Crippen LogP contribution in [-0.2, 0) is 4.74 Å². The third-order valence-electron chi connectivity index (χ3n) is 3.55. The lowest BCUT2D eigenvalue weighted by Crippen LogP contribution is -2.01. The van der Waals surface area contributed by atoms with Crippen LogP contribution < -0.4 is 0 Å². The van der Waals surface area contributed by atoms with Gasteiger partial charge in [-0.1, -0.05) is 19.4 Å². The van der Waals surface area contributed by atoms with Crippen molar-refractivity contribution < 1.29 is 4.74 Å². The first kappa shape index (κ1) is 10.8. The van der Waals surface area contributed by atoms with Crippen LogP contribution >= 0.6 is 0 Å². The van der Waals surface area contributed by atoms with Crippen molar-refractivity contribution in [2.45, 2.75) is 46.0 Å². The molecule has 0 aromatic heterocycles. The first-order valence-electron chi connectivity index (χ1n) is 6.16. The van der Waals surface area contributed by atoms with Gasteiger partial charge in [-0.3, -0.25) is 0 Å². The maximum absolute atomic E-state index is 5.46. The zero-order valence-electron chi connectivity index (χ0n) is 10.2. The fourth-order valence-electron chi connectivity index (χ4n) is 3.05. The van der Waals surface area contributed by atoms with Crippen molar-refractivity contribution in [1.82, 2.24) is 0 Å². The minimum Gasteiger partial charge on any atom is -0.497 e. The van der Waals surface area contributed by atoms with Crippen LogP contribution in [0.1, 0.15) is 46.0 Å². The van der Waals surface area contributed by atoms with Crippen molar-refractivity contribution in [3.05, 3.63) is 23.0 Å². The Bertz CT molecular complexity index is 296. The fourth-order valence-corrected chi connectivity index (χ4v) is 3.05. The summed E-state index contributed by atoms with van der Waals surface area (Å²) in [4.78, 5) is 0. The van der Waals surface area contributed by atoms with Gasteiger partial charge in [0.1, 0.15) is 5.76 Å². The van der Waals surface area contributed by atoms with Crippen molar-refractivity contribution >= 4 is 0 Å². The Morgan fingerprint density at radius 1 is 1.40 bits per heavy atom. The highest BCUT2D eigenvalue weighted by Crippen LogP contribution is 2.43. The normalized spacial score (nSPS) is 25.6. The van der Waals surface area contributed by atoms with E-state index in [1.54, 1.807) is 12.7 Å². The van der Waals surface area contributed by atoms with Crippen molar-refractivity contribution in [1.29, 1.82) is 0 Å². The molecule has 0 fully saturated rings. The average Bonchev–Trinajstić information content (AvgIpc) is 2.58. The largest absolute Gasteiger partial charge is 0.497 e. The predicted octanol–water partition coefficient (Wildman–Crippen LogP) is 4.06. The van der Waals surface area contributed by atoms with Crippen LogP contribution in [-0.4, -0.2) is 7.11 Å². The third-order valence-corrected chi connectivity index (χ3v) is 3.55. The Balaban J connectivity index is 2.03. The zero-order valence-corrected chi connectivity index (χ0v) is 10.2. The van der Waals surface area contributed by atoms with E-state index >= 15 is 0 Å². The summed E-state index contributed by atoms with van der Waals surface area (Å²) < 4.78 is 5.46. The molecule has 0 saturated heterocycles. The maximum Gasteiger partial charge on any atom is 0.118 e. The molecule has 1 atom stereocenters. The molecular formula is C14H22O. The molecule has 0 N–H and O–H groups in total. The van der Waals surface area contributed by atoms with Gasteiger partial charge in [0, 0.05) is 0 Å². The summed E-state index contributed by atoms with van der Waals surface area (Å²) in [5.74, 6) is 2.88. The van der Waals surface area contributed by atoms with E-state index in [9.17, 15) is 0 Å². The summed E-state index contributed by atoms with van der Waals surface area (Å²) in [7, 11) is 1.80. The van der Waals surface area contributed by atoms with Gasteiger partial charge in [0.25, 0.3) is 0 Å². The second-order valence-electron chi connectivity index (χ2n) is 5.30. The Kier molecular flexibility index (Phi) is 3.18. The van der Waals surface area contributed by atoms with Crippen molar-refractivity contribution in [3.63, 3.8) is 0 Å². The minimum absolute atomic E-state index is 0.825. The quantitative estimate of drug-likeness (QED) is 0.676. The molecule has 1 nitrogen and oxygen atoms in total. The van der Waals surface area contributed by atoms with Crippen LogP contribution in [0.25, 0.3) is 0 Å². The Labute approximate surface area is 93.2 Å². The number of allylic oxidation sites excluding steroid dienone is 3. The summed E-state index contributed by atoms with van der Waals surface area (Å²) in [6.07, 6.45) is 8.66. The summed E-state index contributed by atoms with van der Waals surface area (Å²) in [5, 5.41) is 0. The van der Waals surface area contributed by atoms with Gasteiger partial charge in [0.05, 0.1) is 7.11 Å². The lowest BCUT2D eigenvalue weighted by molar-refractivity contribution is 0.293. The van der Waals surface area contributed by atoms with E-state index in [-0.39, 0.29) is 0 Å². The van der Waals surface area contributed by atoms with Crippen molar-refractivity contribution in [2.75, 3.05) is 7.11 Å². The average molecular weight is 206 g/mol. The second kappa shape index (κ2) is 4.42. The molecule has 0 aromatic rings. The fraction of sp³-hybridized carbons (Fsp3) is 0.714. The van der Waals surface area contributed by atoms with Gasteiger partial charge >= 0.3 is 0 Å². The van der Waals surface area contributed by atoms with Crippen molar-refractivity contribution in [3.8, 4) is 0 Å². The zero-order chi connectivity index (χ0) is 10.8. The number of methoxy groups -OCH3 is 1. The first-order valence-corrected chi connectivity index (χ1v) is 6.16. The van der Waals surface area contributed by atoms with Crippen LogP contribution in [0.15, 0.2) is 23.0 Å². The smallest absolute Gasteiger partial charge is 0.118 e. The SMILES string of the molecule is COC1=CCCC2=C1CC(CC(C)C)C2. The number of rotatable bonds is 3. The molecule has 84 valence electrons. The summed E-state index contributed by atoms with van der Waals surface area (Å²) >= 11 is 0. The molecule has 15 heavy (non-hydrogen) atoms. The Morgan fingerprint density at radius 2 is 2.20 bits per heavy atom. The van der Waals surface area contributed by atoms with Gasteiger partial charge in [-0.25, -0.2) is 0 Å².